The summed E-state index contributed by atoms with van der Waals surface area (Å²) < 4.78 is 0. The van der Waals surface area contributed by atoms with Crippen molar-refractivity contribution in [3.8, 4) is 0 Å². The lowest BCUT2D eigenvalue weighted by Crippen LogP contribution is -2.46. The lowest BCUT2D eigenvalue weighted by atomic mass is 9.54. The first-order chi connectivity index (χ1) is 10.3. The molecule has 0 aliphatic heterocycles. The van der Waals surface area contributed by atoms with Gasteiger partial charge in [-0.15, -0.1) is 0 Å². The molecule has 0 spiro atoms. The normalized spacial score (nSPS) is 42.0. The average Bonchev–Trinajstić information content (AvgIpc) is 2.76. The van der Waals surface area contributed by atoms with Gasteiger partial charge in [-0.1, -0.05) is 44.9 Å². The van der Waals surface area contributed by atoms with Crippen molar-refractivity contribution in [2.24, 2.45) is 22.7 Å². The first kappa shape index (κ1) is 16.3. The second kappa shape index (κ2) is 5.49. The zero-order valence-electron chi connectivity index (χ0n) is 14.7. The van der Waals surface area contributed by atoms with Crippen LogP contribution in [-0.2, 0) is 0 Å². The topological polar surface area (TPSA) is 40.5 Å². The van der Waals surface area contributed by atoms with E-state index in [9.17, 15) is 10.2 Å². The Morgan fingerprint density at radius 1 is 1.18 bits per heavy atom. The summed E-state index contributed by atoms with van der Waals surface area (Å²) in [6.07, 6.45) is 8.37. The number of allylic oxidation sites excluding steroid dienone is 2. The molecule has 0 amide bonds. The van der Waals surface area contributed by atoms with Crippen LogP contribution < -0.4 is 0 Å². The van der Waals surface area contributed by atoms with Crippen molar-refractivity contribution in [1.29, 1.82) is 0 Å². The highest BCUT2D eigenvalue weighted by Crippen LogP contribution is 2.63. The molecule has 2 nitrogen and oxygen atoms in total. The molecule has 0 saturated heterocycles. The van der Waals surface area contributed by atoms with Gasteiger partial charge in [0, 0.05) is 5.41 Å². The fourth-order valence-electron chi connectivity index (χ4n) is 5.41. The highest BCUT2D eigenvalue weighted by atomic mass is 16.3. The van der Waals surface area contributed by atoms with Gasteiger partial charge >= 0.3 is 0 Å². The van der Waals surface area contributed by atoms with Crippen molar-refractivity contribution < 1.29 is 10.2 Å². The predicted molar refractivity (Wildman–Crippen MR) is 90.4 cm³/mol. The van der Waals surface area contributed by atoms with Gasteiger partial charge in [-0.2, -0.15) is 0 Å². The molecule has 0 aromatic carbocycles. The van der Waals surface area contributed by atoms with Crippen LogP contribution in [0.25, 0.3) is 0 Å². The maximum atomic E-state index is 10.9. The molecule has 1 fully saturated rings. The van der Waals surface area contributed by atoms with Gasteiger partial charge in [0.05, 0.1) is 12.7 Å². The fourth-order valence-corrected chi connectivity index (χ4v) is 5.41. The van der Waals surface area contributed by atoms with Gasteiger partial charge in [0.15, 0.2) is 0 Å². The first-order valence-electron chi connectivity index (χ1n) is 9.04. The smallest absolute Gasteiger partial charge is 0.0783 e. The molecule has 2 heteroatoms. The van der Waals surface area contributed by atoms with Crippen LogP contribution in [0.5, 0.6) is 0 Å². The Kier molecular flexibility index (Phi) is 4.06. The zero-order chi connectivity index (χ0) is 16.1. The molecule has 1 saturated carbocycles. The molecule has 3 aliphatic rings. The summed E-state index contributed by atoms with van der Waals surface area (Å²) in [5.74, 6) is 1.09. The Hall–Kier alpha value is -0.600. The van der Waals surface area contributed by atoms with Crippen molar-refractivity contribution in [1.82, 2.24) is 0 Å². The van der Waals surface area contributed by atoms with Crippen molar-refractivity contribution in [3.05, 3.63) is 22.8 Å². The van der Waals surface area contributed by atoms with Crippen LogP contribution in [0.4, 0.5) is 0 Å². The number of fused-ring (bicyclic) bond motifs is 3. The molecular weight excluding hydrogens is 272 g/mol. The molecule has 124 valence electrons. The van der Waals surface area contributed by atoms with E-state index >= 15 is 0 Å². The van der Waals surface area contributed by atoms with E-state index in [-0.39, 0.29) is 12.0 Å². The third-order valence-electron chi connectivity index (χ3n) is 7.03. The second-order valence-electron chi connectivity index (χ2n) is 8.68. The third kappa shape index (κ3) is 2.30. The number of hydrogen-bond acceptors (Lipinski definition) is 2. The fraction of sp³-hybridized carbons (Fsp3) is 0.800. The molecule has 2 N–H and O–H groups in total. The molecule has 0 aromatic heterocycles. The van der Waals surface area contributed by atoms with Crippen LogP contribution in [0.2, 0.25) is 0 Å². The van der Waals surface area contributed by atoms with Crippen LogP contribution >= 0.6 is 0 Å². The predicted octanol–water partition coefficient (Wildman–Crippen LogP) is 4.23. The monoisotopic (exact) mass is 304 g/mol. The molecule has 3 rings (SSSR count). The minimum Gasteiger partial charge on any atom is -0.392 e. The summed E-state index contributed by atoms with van der Waals surface area (Å²) in [4.78, 5) is 0. The highest BCUT2D eigenvalue weighted by molar-refractivity contribution is 5.36. The molecule has 22 heavy (non-hydrogen) atoms. The van der Waals surface area contributed by atoms with Gasteiger partial charge in [-0.3, -0.25) is 0 Å². The van der Waals surface area contributed by atoms with Crippen LogP contribution in [0.3, 0.4) is 0 Å². The number of hydrogen-bond donors (Lipinski definition) is 2. The van der Waals surface area contributed by atoms with E-state index in [1.165, 1.54) is 19.3 Å². The number of rotatable bonds is 2. The largest absolute Gasteiger partial charge is 0.392 e. The van der Waals surface area contributed by atoms with Crippen LogP contribution in [-0.4, -0.2) is 22.9 Å². The highest BCUT2D eigenvalue weighted by Gasteiger charge is 2.54. The molecular formula is C20H32O2. The van der Waals surface area contributed by atoms with E-state index in [1.807, 2.05) is 6.08 Å². The van der Waals surface area contributed by atoms with Crippen LogP contribution in [0, 0.1) is 22.7 Å². The lowest BCUT2D eigenvalue weighted by molar-refractivity contribution is -0.00648. The molecule has 3 aliphatic carbocycles. The van der Waals surface area contributed by atoms with Crippen molar-refractivity contribution in [3.63, 3.8) is 0 Å². The van der Waals surface area contributed by atoms with Crippen molar-refractivity contribution in [2.75, 3.05) is 6.61 Å². The van der Waals surface area contributed by atoms with Crippen LogP contribution in [0.15, 0.2) is 22.8 Å². The number of aliphatic hydroxyl groups excluding tert-OH is 2. The van der Waals surface area contributed by atoms with E-state index in [0.717, 1.165) is 24.8 Å². The Balaban J connectivity index is 2.07. The first-order valence-corrected chi connectivity index (χ1v) is 9.04. The van der Waals surface area contributed by atoms with Gasteiger partial charge in [0.1, 0.15) is 0 Å². The lowest BCUT2D eigenvalue weighted by Gasteiger charge is -2.51. The van der Waals surface area contributed by atoms with Gasteiger partial charge in [-0.05, 0) is 61.3 Å². The Bertz CT molecular complexity index is 516. The van der Waals surface area contributed by atoms with Gasteiger partial charge in [0.25, 0.3) is 0 Å². The summed E-state index contributed by atoms with van der Waals surface area (Å²) in [6, 6.07) is 0. The van der Waals surface area contributed by atoms with Crippen molar-refractivity contribution in [2.45, 2.75) is 72.3 Å². The second-order valence-corrected chi connectivity index (χ2v) is 8.68. The summed E-state index contributed by atoms with van der Waals surface area (Å²) in [6.45, 7) is 9.47. The number of aliphatic hydroxyl groups is 2. The van der Waals surface area contributed by atoms with E-state index in [4.69, 9.17) is 0 Å². The Morgan fingerprint density at radius 2 is 1.91 bits per heavy atom. The van der Waals surface area contributed by atoms with E-state index < -0.39 is 6.10 Å². The molecule has 0 heterocycles. The molecule has 0 unspecified atom stereocenters. The summed E-state index contributed by atoms with van der Waals surface area (Å²) in [7, 11) is 0. The quantitative estimate of drug-likeness (QED) is 0.750. The summed E-state index contributed by atoms with van der Waals surface area (Å²) >= 11 is 0. The maximum Gasteiger partial charge on any atom is 0.0783 e. The SMILES string of the molecule is CC(C)C1=C2[C@H]3CCC(CO)=C[C@H](O)[C@]3(C)CC[C@@]2(C)CC1. The zero-order valence-corrected chi connectivity index (χ0v) is 14.7. The summed E-state index contributed by atoms with van der Waals surface area (Å²) in [5, 5.41) is 20.4. The molecule has 4 atom stereocenters. The molecule has 0 bridgehead atoms. The van der Waals surface area contributed by atoms with E-state index in [0.29, 0.717) is 17.3 Å². The maximum absolute atomic E-state index is 10.9. The van der Waals surface area contributed by atoms with Gasteiger partial charge in [-0.25, -0.2) is 0 Å². The van der Waals surface area contributed by atoms with Gasteiger partial charge < -0.3 is 10.2 Å². The Labute approximate surface area is 135 Å². The molecule has 0 aromatic rings. The third-order valence-corrected chi connectivity index (χ3v) is 7.03. The Morgan fingerprint density at radius 3 is 2.55 bits per heavy atom. The summed E-state index contributed by atoms with van der Waals surface area (Å²) in [5.41, 5.74) is 4.67. The van der Waals surface area contributed by atoms with E-state index in [2.05, 4.69) is 27.7 Å². The molecule has 0 radical (unpaired) electrons. The average molecular weight is 304 g/mol. The van der Waals surface area contributed by atoms with E-state index in [1.54, 1.807) is 11.1 Å². The van der Waals surface area contributed by atoms with Crippen LogP contribution in [0.1, 0.15) is 66.2 Å². The minimum absolute atomic E-state index is 0.0593. The van der Waals surface area contributed by atoms with Gasteiger partial charge in [0.2, 0.25) is 0 Å². The minimum atomic E-state index is -0.423. The van der Waals surface area contributed by atoms with Crippen molar-refractivity contribution >= 4 is 0 Å². The standard InChI is InChI=1S/C20H32O2/c1-13(2)15-7-8-19(3)9-10-20(4)16(18(15)19)6-5-14(12-21)11-17(20)22/h11,13,16-17,21-22H,5-10,12H2,1-4H3/t16-,17+,19-,20-/m1/s1.